The number of hydrogen-bond donors (Lipinski definition) is 0. The molecule has 0 aromatic heterocycles. The molecule has 0 N–H and O–H groups in total. The van der Waals surface area contributed by atoms with Crippen molar-refractivity contribution in [2.45, 2.75) is 88.1 Å². The Hall–Kier alpha value is -2.25. The SMILES string of the molecule is COC1=C[C@]23CCCN2CCc2cc4c(cc2[C@@H]3C1OC(=O)C1(C)CCCC(C)(C)O1)OCO4. The molecule has 4 aliphatic heterocycles. The Kier molecular flexibility index (Phi) is 4.98. The lowest BCUT2D eigenvalue weighted by atomic mass is 9.77. The fraction of sp³-hybridized carbons (Fsp3) is 0.667. The summed E-state index contributed by atoms with van der Waals surface area (Å²) in [6.45, 7) is 8.18. The second-order valence-corrected chi connectivity index (χ2v) is 11.2. The monoisotopic (exact) mass is 469 g/mol. The lowest BCUT2D eigenvalue weighted by Crippen LogP contribution is -2.52. The minimum absolute atomic E-state index is 0.0684. The van der Waals surface area contributed by atoms with Crippen molar-refractivity contribution in [1.82, 2.24) is 4.90 Å². The molecule has 5 aliphatic rings. The van der Waals surface area contributed by atoms with E-state index in [0.29, 0.717) is 6.42 Å². The largest absolute Gasteiger partial charge is 0.497 e. The third-order valence-electron chi connectivity index (χ3n) is 8.56. The van der Waals surface area contributed by atoms with E-state index in [2.05, 4.69) is 23.1 Å². The molecule has 0 amide bonds. The van der Waals surface area contributed by atoms with Gasteiger partial charge in [0.05, 0.1) is 24.2 Å². The van der Waals surface area contributed by atoms with Gasteiger partial charge in [-0.1, -0.05) is 0 Å². The van der Waals surface area contributed by atoms with Crippen molar-refractivity contribution >= 4 is 5.97 Å². The molecule has 34 heavy (non-hydrogen) atoms. The Morgan fingerprint density at radius 1 is 1.06 bits per heavy atom. The highest BCUT2D eigenvalue weighted by molar-refractivity contribution is 5.80. The smallest absolute Gasteiger partial charge is 0.338 e. The number of carbonyl (C=O) groups excluding carboxylic acids is 1. The van der Waals surface area contributed by atoms with Crippen molar-refractivity contribution in [1.29, 1.82) is 0 Å². The zero-order chi connectivity index (χ0) is 23.7. The van der Waals surface area contributed by atoms with Gasteiger partial charge >= 0.3 is 5.97 Å². The second kappa shape index (κ2) is 7.62. The summed E-state index contributed by atoms with van der Waals surface area (Å²) in [5.41, 5.74) is 0.857. The summed E-state index contributed by atoms with van der Waals surface area (Å²) in [6, 6.07) is 4.23. The fourth-order valence-corrected chi connectivity index (χ4v) is 7.04. The van der Waals surface area contributed by atoms with Crippen LogP contribution < -0.4 is 9.47 Å². The lowest BCUT2D eigenvalue weighted by molar-refractivity contribution is -0.207. The molecule has 2 saturated heterocycles. The van der Waals surface area contributed by atoms with Gasteiger partial charge < -0.3 is 23.7 Å². The molecule has 7 heteroatoms. The Morgan fingerprint density at radius 2 is 1.85 bits per heavy atom. The van der Waals surface area contributed by atoms with E-state index in [1.54, 1.807) is 7.11 Å². The number of esters is 1. The Labute approximate surface area is 201 Å². The van der Waals surface area contributed by atoms with Crippen LogP contribution in [0.2, 0.25) is 0 Å². The van der Waals surface area contributed by atoms with E-state index in [9.17, 15) is 4.79 Å². The third-order valence-corrected chi connectivity index (χ3v) is 8.56. The molecule has 0 bridgehead atoms. The van der Waals surface area contributed by atoms with Crippen LogP contribution in [-0.2, 0) is 25.4 Å². The summed E-state index contributed by atoms with van der Waals surface area (Å²) in [6.07, 6.45) is 7.29. The molecule has 0 saturated carbocycles. The Bertz CT molecular complexity index is 1050. The van der Waals surface area contributed by atoms with Crippen LogP contribution in [0.1, 0.15) is 69.9 Å². The number of carbonyl (C=O) groups is 1. The van der Waals surface area contributed by atoms with Gasteiger partial charge in [-0.3, -0.25) is 4.90 Å². The van der Waals surface area contributed by atoms with Crippen LogP contribution >= 0.6 is 0 Å². The molecule has 1 aromatic rings. The summed E-state index contributed by atoms with van der Waals surface area (Å²) in [4.78, 5) is 16.2. The first kappa shape index (κ1) is 22.2. The first-order chi connectivity index (χ1) is 16.2. The maximum Gasteiger partial charge on any atom is 0.338 e. The van der Waals surface area contributed by atoms with Gasteiger partial charge in [-0.25, -0.2) is 4.79 Å². The minimum atomic E-state index is -0.964. The van der Waals surface area contributed by atoms with Gasteiger partial charge in [0.25, 0.3) is 0 Å². The number of rotatable bonds is 3. The number of nitrogens with zero attached hydrogens (tertiary/aromatic N) is 1. The maximum absolute atomic E-state index is 13.7. The number of hydrogen-bond acceptors (Lipinski definition) is 7. The Balaban J connectivity index is 1.41. The molecule has 0 radical (unpaired) electrons. The second-order valence-electron chi connectivity index (χ2n) is 11.2. The highest BCUT2D eigenvalue weighted by Crippen LogP contribution is 2.56. The van der Waals surface area contributed by atoms with Crippen molar-refractivity contribution in [2.75, 3.05) is 27.0 Å². The molecule has 184 valence electrons. The zero-order valence-electron chi connectivity index (χ0n) is 20.6. The van der Waals surface area contributed by atoms with E-state index >= 15 is 0 Å². The minimum Gasteiger partial charge on any atom is -0.497 e. The van der Waals surface area contributed by atoms with Crippen molar-refractivity contribution in [3.63, 3.8) is 0 Å². The molecular weight excluding hydrogens is 434 g/mol. The predicted octanol–water partition coefficient (Wildman–Crippen LogP) is 4.08. The normalized spacial score (nSPS) is 35.6. The van der Waals surface area contributed by atoms with Gasteiger partial charge in [0.2, 0.25) is 6.79 Å². The highest BCUT2D eigenvalue weighted by atomic mass is 16.7. The van der Waals surface area contributed by atoms with E-state index in [4.69, 9.17) is 23.7 Å². The number of fused-ring (bicyclic) bond motifs is 3. The van der Waals surface area contributed by atoms with Crippen molar-refractivity contribution in [3.8, 4) is 11.5 Å². The molecule has 2 unspecified atom stereocenters. The van der Waals surface area contributed by atoms with Crippen molar-refractivity contribution < 1.29 is 28.5 Å². The summed E-state index contributed by atoms with van der Waals surface area (Å²) < 4.78 is 30.0. The topological polar surface area (TPSA) is 66.5 Å². The fourth-order valence-electron chi connectivity index (χ4n) is 7.04. The van der Waals surface area contributed by atoms with Crippen LogP contribution in [0.4, 0.5) is 0 Å². The quantitative estimate of drug-likeness (QED) is 0.618. The molecule has 4 atom stereocenters. The molecule has 7 nitrogen and oxygen atoms in total. The van der Waals surface area contributed by atoms with E-state index < -0.39 is 11.7 Å². The van der Waals surface area contributed by atoms with Gasteiger partial charge in [0, 0.05) is 6.54 Å². The number of benzene rings is 1. The molecule has 4 heterocycles. The van der Waals surface area contributed by atoms with Crippen LogP contribution in [-0.4, -0.2) is 60.7 Å². The average Bonchev–Trinajstić information content (AvgIpc) is 3.46. The third kappa shape index (κ3) is 3.27. The van der Waals surface area contributed by atoms with E-state index in [1.807, 2.05) is 20.8 Å². The lowest BCUT2D eigenvalue weighted by Gasteiger charge is -2.43. The molecule has 6 rings (SSSR count). The van der Waals surface area contributed by atoms with Crippen LogP contribution in [0, 0.1) is 0 Å². The van der Waals surface area contributed by atoms with Crippen molar-refractivity contribution in [3.05, 3.63) is 35.1 Å². The van der Waals surface area contributed by atoms with E-state index in [-0.39, 0.29) is 29.8 Å². The summed E-state index contributed by atoms with van der Waals surface area (Å²) in [5.74, 6) is 1.92. The maximum atomic E-state index is 13.7. The average molecular weight is 470 g/mol. The summed E-state index contributed by atoms with van der Waals surface area (Å²) >= 11 is 0. The van der Waals surface area contributed by atoms with Gasteiger partial charge in [0.1, 0.15) is 5.76 Å². The molecule has 2 fully saturated rings. The van der Waals surface area contributed by atoms with Crippen LogP contribution in [0.25, 0.3) is 0 Å². The van der Waals surface area contributed by atoms with Crippen molar-refractivity contribution in [2.24, 2.45) is 0 Å². The highest BCUT2D eigenvalue weighted by Gasteiger charge is 2.59. The standard InChI is InChI=1S/C27H35NO6/c1-25(2)8-5-9-26(3,34-25)24(29)33-23-21(30-4)15-27-10-6-11-28(27)12-7-17-13-19-20(32-16-31-19)14-18(17)22(23)27/h13-15,22-23H,5-12,16H2,1-4H3/t22-,23?,26?,27+/m1/s1. The van der Waals surface area contributed by atoms with Crippen LogP contribution in [0.15, 0.2) is 24.0 Å². The van der Waals surface area contributed by atoms with Gasteiger partial charge in [-0.15, -0.1) is 0 Å². The Morgan fingerprint density at radius 3 is 2.62 bits per heavy atom. The first-order valence-electron chi connectivity index (χ1n) is 12.6. The summed E-state index contributed by atoms with van der Waals surface area (Å²) in [7, 11) is 1.68. The first-order valence-corrected chi connectivity index (χ1v) is 12.6. The molecule has 1 spiro atoms. The van der Waals surface area contributed by atoms with E-state index in [0.717, 1.165) is 62.5 Å². The molecular formula is C27H35NO6. The van der Waals surface area contributed by atoms with Crippen LogP contribution in [0.3, 0.4) is 0 Å². The van der Waals surface area contributed by atoms with E-state index in [1.165, 1.54) is 11.1 Å². The molecule has 1 aromatic carbocycles. The van der Waals surface area contributed by atoms with Gasteiger partial charge in [-0.05, 0) is 95.2 Å². The molecule has 1 aliphatic carbocycles. The van der Waals surface area contributed by atoms with Crippen LogP contribution in [0.5, 0.6) is 11.5 Å². The summed E-state index contributed by atoms with van der Waals surface area (Å²) in [5, 5.41) is 0. The van der Waals surface area contributed by atoms with Gasteiger partial charge in [-0.2, -0.15) is 0 Å². The number of ether oxygens (including phenoxy) is 5. The van der Waals surface area contributed by atoms with Gasteiger partial charge in [0.15, 0.2) is 23.2 Å². The number of methoxy groups -OCH3 is 1. The predicted molar refractivity (Wildman–Crippen MR) is 125 cm³/mol. The zero-order valence-corrected chi connectivity index (χ0v) is 20.6.